The van der Waals surface area contributed by atoms with Gasteiger partial charge < -0.3 is 10.3 Å². The maximum absolute atomic E-state index is 4.52. The van der Waals surface area contributed by atoms with Crippen LogP contribution in [0.15, 0.2) is 30.6 Å². The minimum absolute atomic E-state index is 0.0559. The Hall–Kier alpha value is -1.61. The van der Waals surface area contributed by atoms with Crippen LogP contribution in [0.2, 0.25) is 0 Å². The molecule has 2 heterocycles. The van der Waals surface area contributed by atoms with E-state index < -0.39 is 0 Å². The van der Waals surface area contributed by atoms with E-state index in [1.807, 2.05) is 6.33 Å². The van der Waals surface area contributed by atoms with Crippen LogP contribution in [0.5, 0.6) is 0 Å². The number of aromatic nitrogens is 2. The van der Waals surface area contributed by atoms with Gasteiger partial charge in [0.2, 0.25) is 0 Å². The van der Waals surface area contributed by atoms with Gasteiger partial charge in [0.25, 0.3) is 0 Å². The molecule has 3 heteroatoms. The Morgan fingerprint density at radius 2 is 2.17 bits per heavy atom. The van der Waals surface area contributed by atoms with Crippen LogP contribution in [0, 0.1) is 6.92 Å². The van der Waals surface area contributed by atoms with Crippen molar-refractivity contribution in [2.45, 2.75) is 32.2 Å². The van der Waals surface area contributed by atoms with Crippen LogP contribution in [0.4, 0.5) is 0 Å². The van der Waals surface area contributed by atoms with Crippen molar-refractivity contribution in [1.29, 1.82) is 0 Å². The van der Waals surface area contributed by atoms with Crippen molar-refractivity contribution in [3.63, 3.8) is 0 Å². The van der Waals surface area contributed by atoms with Crippen LogP contribution in [-0.2, 0) is 18.4 Å². The van der Waals surface area contributed by atoms with E-state index in [4.69, 9.17) is 0 Å². The van der Waals surface area contributed by atoms with Crippen molar-refractivity contribution in [3.05, 3.63) is 53.1 Å². The second-order valence-electron chi connectivity index (χ2n) is 5.34. The predicted molar refractivity (Wildman–Crippen MR) is 72.5 cm³/mol. The highest BCUT2D eigenvalue weighted by atomic mass is 15.1. The number of aromatic amines is 1. The summed E-state index contributed by atoms with van der Waals surface area (Å²) in [6.45, 7) is 5.43. The molecular weight excluding hydrogens is 222 g/mol. The van der Waals surface area contributed by atoms with Gasteiger partial charge in [0.05, 0.1) is 17.6 Å². The van der Waals surface area contributed by atoms with E-state index in [0.717, 1.165) is 19.4 Å². The first-order valence-electron chi connectivity index (χ1n) is 6.51. The molecule has 0 aliphatic carbocycles. The molecule has 18 heavy (non-hydrogen) atoms. The number of hydrogen-bond acceptors (Lipinski definition) is 2. The smallest absolute Gasteiger partial charge is 0.0926 e. The maximum atomic E-state index is 4.52. The lowest BCUT2D eigenvalue weighted by molar-refractivity contribution is 0.334. The zero-order valence-electron chi connectivity index (χ0n) is 11.0. The average molecular weight is 241 g/mol. The van der Waals surface area contributed by atoms with Gasteiger partial charge >= 0.3 is 0 Å². The lowest BCUT2D eigenvalue weighted by Crippen LogP contribution is -2.47. The lowest BCUT2D eigenvalue weighted by atomic mass is 9.84. The second-order valence-corrected chi connectivity index (χ2v) is 5.34. The number of benzene rings is 1. The third-order valence-corrected chi connectivity index (χ3v) is 3.94. The van der Waals surface area contributed by atoms with E-state index >= 15 is 0 Å². The molecule has 0 radical (unpaired) electrons. The predicted octanol–water partition coefficient (Wildman–Crippen LogP) is 2.32. The van der Waals surface area contributed by atoms with Crippen LogP contribution in [-0.4, -0.2) is 16.5 Å². The minimum Gasteiger partial charge on any atom is -0.348 e. The summed E-state index contributed by atoms with van der Waals surface area (Å²) in [5, 5.41) is 3.63. The Labute approximate surface area is 108 Å². The molecule has 0 saturated heterocycles. The number of nitrogens with zero attached hydrogens (tertiary/aromatic N) is 1. The zero-order valence-corrected chi connectivity index (χ0v) is 11.0. The number of imidazole rings is 1. The number of H-pyrrole nitrogens is 1. The van der Waals surface area contributed by atoms with Crippen molar-refractivity contribution in [1.82, 2.24) is 15.3 Å². The molecule has 1 aromatic heterocycles. The zero-order chi connectivity index (χ0) is 12.6. The Morgan fingerprint density at radius 1 is 1.33 bits per heavy atom. The molecule has 3 rings (SSSR count). The van der Waals surface area contributed by atoms with Crippen molar-refractivity contribution >= 4 is 0 Å². The largest absolute Gasteiger partial charge is 0.348 e. The van der Waals surface area contributed by atoms with Crippen molar-refractivity contribution in [3.8, 4) is 0 Å². The van der Waals surface area contributed by atoms with E-state index in [0.29, 0.717) is 0 Å². The normalized spacial score (nSPS) is 22.8. The summed E-state index contributed by atoms with van der Waals surface area (Å²) in [6, 6.07) is 8.59. The Kier molecular flexibility index (Phi) is 2.71. The van der Waals surface area contributed by atoms with Gasteiger partial charge in [-0.05, 0) is 31.4 Å². The Bertz CT molecular complexity index is 558. The fraction of sp³-hybridized carbons (Fsp3) is 0.400. The fourth-order valence-electron chi connectivity index (χ4n) is 2.87. The molecule has 3 nitrogen and oxygen atoms in total. The number of nitrogens with one attached hydrogen (secondary N) is 2. The average Bonchev–Trinajstić information content (AvgIpc) is 2.82. The van der Waals surface area contributed by atoms with Gasteiger partial charge in [0, 0.05) is 18.7 Å². The highest BCUT2D eigenvalue weighted by Gasteiger charge is 2.34. The van der Waals surface area contributed by atoms with Crippen LogP contribution >= 0.6 is 0 Å². The Balaban J connectivity index is 1.96. The number of hydrogen-bond donors (Lipinski definition) is 2. The van der Waals surface area contributed by atoms with E-state index in [9.17, 15) is 0 Å². The quantitative estimate of drug-likeness (QED) is 0.847. The van der Waals surface area contributed by atoms with E-state index in [1.54, 1.807) is 0 Å². The molecule has 1 unspecified atom stereocenters. The first kappa shape index (κ1) is 11.5. The van der Waals surface area contributed by atoms with Gasteiger partial charge in [0.15, 0.2) is 0 Å². The van der Waals surface area contributed by atoms with Crippen molar-refractivity contribution in [2.24, 2.45) is 0 Å². The summed E-state index contributed by atoms with van der Waals surface area (Å²) in [6.07, 6.45) is 3.84. The second kappa shape index (κ2) is 4.25. The van der Waals surface area contributed by atoms with Gasteiger partial charge in [-0.25, -0.2) is 4.98 Å². The first-order chi connectivity index (χ1) is 8.69. The number of fused-ring (bicyclic) bond motifs is 1. The monoisotopic (exact) mass is 241 g/mol. The highest BCUT2D eigenvalue weighted by Crippen LogP contribution is 2.30. The summed E-state index contributed by atoms with van der Waals surface area (Å²) >= 11 is 0. The standard InChI is InChI=1S/C15H19N3/c1-11-5-3-4-6-12(11)9-15(2)14-13(7-8-18-15)16-10-17-14/h3-6,10,18H,7-9H2,1-2H3,(H,16,17). The third-order valence-electron chi connectivity index (χ3n) is 3.94. The molecule has 94 valence electrons. The highest BCUT2D eigenvalue weighted by molar-refractivity contribution is 5.32. The van der Waals surface area contributed by atoms with E-state index in [1.165, 1.54) is 22.5 Å². The lowest BCUT2D eigenvalue weighted by Gasteiger charge is -2.34. The molecule has 1 aliphatic rings. The first-order valence-corrected chi connectivity index (χ1v) is 6.51. The van der Waals surface area contributed by atoms with Gasteiger partial charge in [-0.15, -0.1) is 0 Å². The summed E-state index contributed by atoms with van der Waals surface area (Å²) in [5.74, 6) is 0. The molecule has 0 saturated carbocycles. The summed E-state index contributed by atoms with van der Waals surface area (Å²) in [7, 11) is 0. The van der Waals surface area contributed by atoms with Crippen molar-refractivity contribution < 1.29 is 0 Å². The molecule has 0 spiro atoms. The van der Waals surface area contributed by atoms with Gasteiger partial charge in [-0.1, -0.05) is 24.3 Å². The molecule has 1 atom stereocenters. The Morgan fingerprint density at radius 3 is 3.00 bits per heavy atom. The fourth-order valence-corrected chi connectivity index (χ4v) is 2.87. The summed E-state index contributed by atoms with van der Waals surface area (Å²) in [5.41, 5.74) is 5.15. The van der Waals surface area contributed by atoms with Crippen molar-refractivity contribution in [2.75, 3.05) is 6.54 Å². The van der Waals surface area contributed by atoms with Crippen LogP contribution in [0.1, 0.15) is 29.4 Å². The van der Waals surface area contributed by atoms with Crippen LogP contribution in [0.25, 0.3) is 0 Å². The molecule has 1 aliphatic heterocycles. The molecular formula is C15H19N3. The van der Waals surface area contributed by atoms with Crippen LogP contribution < -0.4 is 5.32 Å². The molecule has 0 fully saturated rings. The molecule has 0 amide bonds. The molecule has 0 bridgehead atoms. The van der Waals surface area contributed by atoms with Gasteiger partial charge in [0.1, 0.15) is 0 Å². The maximum Gasteiger partial charge on any atom is 0.0926 e. The number of aryl methyl sites for hydroxylation is 1. The SMILES string of the molecule is Cc1ccccc1CC1(C)NCCc2[nH]cnc21. The topological polar surface area (TPSA) is 40.7 Å². The van der Waals surface area contributed by atoms with Gasteiger partial charge in [-0.2, -0.15) is 0 Å². The number of rotatable bonds is 2. The third kappa shape index (κ3) is 1.85. The van der Waals surface area contributed by atoms with Crippen LogP contribution in [0.3, 0.4) is 0 Å². The summed E-state index contributed by atoms with van der Waals surface area (Å²) < 4.78 is 0. The van der Waals surface area contributed by atoms with E-state index in [-0.39, 0.29) is 5.54 Å². The molecule has 2 aromatic rings. The van der Waals surface area contributed by atoms with E-state index in [2.05, 4.69) is 53.4 Å². The molecule has 1 aromatic carbocycles. The molecule has 2 N–H and O–H groups in total. The minimum atomic E-state index is -0.0559. The summed E-state index contributed by atoms with van der Waals surface area (Å²) in [4.78, 5) is 7.78. The van der Waals surface area contributed by atoms with Gasteiger partial charge in [-0.3, -0.25) is 0 Å².